The predicted octanol–water partition coefficient (Wildman–Crippen LogP) is 18.3. The minimum Gasteiger partial charge on any atom is -0.309 e. The number of halogens is 1. The van der Waals surface area contributed by atoms with Crippen molar-refractivity contribution < 1.29 is 0 Å². The summed E-state index contributed by atoms with van der Waals surface area (Å²) in [6.07, 6.45) is 3.49. The molecule has 3 heteroatoms. The lowest BCUT2D eigenvalue weighted by Gasteiger charge is -2.34. The van der Waals surface area contributed by atoms with Crippen LogP contribution >= 0.6 is 11.6 Å². The van der Waals surface area contributed by atoms with Gasteiger partial charge in [0.25, 0.3) is 0 Å². The summed E-state index contributed by atoms with van der Waals surface area (Å²) in [7, 11) is 0. The van der Waals surface area contributed by atoms with Gasteiger partial charge in [0.2, 0.25) is 0 Å². The Kier molecular flexibility index (Phi) is 10.3. The van der Waals surface area contributed by atoms with Crippen molar-refractivity contribution in [3.63, 3.8) is 0 Å². The maximum Gasteiger partial charge on any atom is 0.0887 e. The minimum atomic E-state index is -0.468. The SMILES string of the molecule is Cc1cc(N(c2ccc(C(C)(C)C)cc2)c2ccc(C(C)(C)C)cc2)c(Cl)c(N(c2ccc(C(C)(C)C)cc2)c2ccc3c(c2)C2(c4ccccc4-c4ccccc42)c2cc4c(cc2-3)CCC4)c1. The van der Waals surface area contributed by atoms with E-state index in [9.17, 15) is 0 Å². The number of aryl methyl sites for hydroxylation is 3. The summed E-state index contributed by atoms with van der Waals surface area (Å²) in [5.41, 5.74) is 24.4. The van der Waals surface area contributed by atoms with Gasteiger partial charge in [-0.1, -0.05) is 177 Å². The molecule has 0 unspecified atom stereocenters. The van der Waals surface area contributed by atoms with Gasteiger partial charge in [-0.25, -0.2) is 0 Å². The van der Waals surface area contributed by atoms with Gasteiger partial charge in [-0.3, -0.25) is 0 Å². The van der Waals surface area contributed by atoms with E-state index in [4.69, 9.17) is 11.6 Å². The van der Waals surface area contributed by atoms with Crippen molar-refractivity contribution in [3.05, 3.63) is 224 Å². The fraction of sp³-hybridized carbons (Fsp3) is 0.262. The fourth-order valence-corrected chi connectivity index (χ4v) is 11.9. The Bertz CT molecular complexity index is 3160. The lowest BCUT2D eigenvalue weighted by atomic mass is 9.70. The summed E-state index contributed by atoms with van der Waals surface area (Å²) < 4.78 is 0. The van der Waals surface area contributed by atoms with Crippen LogP contribution in [0, 0.1) is 6.92 Å². The Hall–Kier alpha value is -6.35. The van der Waals surface area contributed by atoms with Crippen LogP contribution in [0.5, 0.6) is 0 Å². The molecular weight excluding hydrogens is 844 g/mol. The molecule has 2 nitrogen and oxygen atoms in total. The first-order valence-electron chi connectivity index (χ1n) is 24.7. The standard InChI is InChI=1S/C65H63ClN2/c1-41-36-59(67(47-28-22-44(23-29-47)62(2,3)4)48-30-24-45(25-31-48)63(5,6)7)61(66)60(37-41)68(49-32-26-46(27-33-49)64(8,9)10)50-34-35-53-54-38-42-16-15-17-43(42)39-57(54)65(58(53)40-50)55-20-13-11-18-51(55)52-19-12-14-21-56(52)65/h11-14,18-40H,15-17H2,1-10H3. The largest absolute Gasteiger partial charge is 0.309 e. The van der Waals surface area contributed by atoms with Crippen LogP contribution in [0.2, 0.25) is 5.02 Å². The smallest absolute Gasteiger partial charge is 0.0887 e. The Morgan fingerprint density at radius 1 is 0.397 bits per heavy atom. The highest BCUT2D eigenvalue weighted by atomic mass is 35.5. The molecule has 0 amide bonds. The first kappa shape index (κ1) is 44.2. The molecule has 8 aromatic carbocycles. The van der Waals surface area contributed by atoms with E-state index in [0.29, 0.717) is 5.02 Å². The molecule has 0 aliphatic heterocycles. The van der Waals surface area contributed by atoms with Crippen molar-refractivity contribution >= 4 is 45.7 Å². The molecule has 0 fully saturated rings. The van der Waals surface area contributed by atoms with E-state index >= 15 is 0 Å². The van der Waals surface area contributed by atoms with Crippen LogP contribution in [0.25, 0.3) is 22.3 Å². The van der Waals surface area contributed by atoms with Crippen molar-refractivity contribution in [2.45, 2.75) is 110 Å². The van der Waals surface area contributed by atoms with Gasteiger partial charge in [-0.05, 0) is 181 Å². The Labute approximate surface area is 410 Å². The Morgan fingerprint density at radius 3 is 1.24 bits per heavy atom. The van der Waals surface area contributed by atoms with Gasteiger partial charge < -0.3 is 9.80 Å². The average molecular weight is 908 g/mol. The van der Waals surface area contributed by atoms with Crippen molar-refractivity contribution in [2.75, 3.05) is 9.80 Å². The van der Waals surface area contributed by atoms with Crippen LogP contribution in [0.15, 0.2) is 164 Å². The normalized spacial score (nSPS) is 14.3. The summed E-state index contributed by atoms with van der Waals surface area (Å²) in [5.74, 6) is 0. The lowest BCUT2D eigenvalue weighted by Crippen LogP contribution is -2.26. The number of hydrogen-bond acceptors (Lipinski definition) is 2. The number of benzene rings is 8. The quantitative estimate of drug-likeness (QED) is 0.164. The van der Waals surface area contributed by atoms with E-state index in [-0.39, 0.29) is 16.2 Å². The second kappa shape index (κ2) is 15.9. The topological polar surface area (TPSA) is 6.48 Å². The van der Waals surface area contributed by atoms with Crippen LogP contribution in [-0.2, 0) is 34.5 Å². The third-order valence-electron chi connectivity index (χ3n) is 15.2. The second-order valence-corrected chi connectivity index (χ2v) is 23.1. The first-order valence-corrected chi connectivity index (χ1v) is 25.0. The van der Waals surface area contributed by atoms with E-state index in [1.165, 1.54) is 78.7 Å². The van der Waals surface area contributed by atoms with Gasteiger partial charge >= 0.3 is 0 Å². The van der Waals surface area contributed by atoms with E-state index in [1.807, 2.05) is 0 Å². The molecule has 11 rings (SSSR count). The van der Waals surface area contributed by atoms with Crippen LogP contribution in [0.3, 0.4) is 0 Å². The lowest BCUT2D eigenvalue weighted by molar-refractivity contribution is 0.590. The molecule has 0 bridgehead atoms. The minimum absolute atomic E-state index is 0.00163. The summed E-state index contributed by atoms with van der Waals surface area (Å²) in [5, 5.41) is 0.682. The summed E-state index contributed by atoms with van der Waals surface area (Å²) in [4.78, 5) is 4.76. The molecular formula is C65H63ClN2. The third kappa shape index (κ3) is 7.05. The third-order valence-corrected chi connectivity index (χ3v) is 15.6. The van der Waals surface area contributed by atoms with Crippen LogP contribution in [0.4, 0.5) is 34.1 Å². The molecule has 0 aromatic heterocycles. The molecule has 8 aromatic rings. The molecule has 340 valence electrons. The monoisotopic (exact) mass is 906 g/mol. The van der Waals surface area contributed by atoms with Crippen molar-refractivity contribution in [3.8, 4) is 22.3 Å². The summed E-state index contributed by atoms with van der Waals surface area (Å²) in [6.45, 7) is 22.7. The molecule has 68 heavy (non-hydrogen) atoms. The van der Waals surface area contributed by atoms with E-state index < -0.39 is 5.41 Å². The van der Waals surface area contributed by atoms with E-state index in [0.717, 1.165) is 52.5 Å². The number of nitrogens with zero attached hydrogens (tertiary/aromatic N) is 2. The zero-order valence-corrected chi connectivity index (χ0v) is 42.2. The molecule has 0 saturated carbocycles. The highest BCUT2D eigenvalue weighted by Crippen LogP contribution is 2.64. The maximum absolute atomic E-state index is 8.10. The Morgan fingerprint density at radius 2 is 0.779 bits per heavy atom. The number of fused-ring (bicyclic) bond motifs is 11. The first-order chi connectivity index (χ1) is 32.4. The van der Waals surface area contributed by atoms with Crippen molar-refractivity contribution in [2.24, 2.45) is 0 Å². The van der Waals surface area contributed by atoms with Crippen molar-refractivity contribution in [1.29, 1.82) is 0 Å². The van der Waals surface area contributed by atoms with Crippen molar-refractivity contribution in [1.82, 2.24) is 0 Å². The highest BCUT2D eigenvalue weighted by Gasteiger charge is 2.52. The maximum atomic E-state index is 8.10. The molecule has 3 aliphatic carbocycles. The summed E-state index contributed by atoms with van der Waals surface area (Å²) in [6, 6.07) is 62.5. The van der Waals surface area contributed by atoms with E-state index in [1.54, 1.807) is 0 Å². The molecule has 0 N–H and O–H groups in total. The predicted molar refractivity (Wildman–Crippen MR) is 290 cm³/mol. The molecule has 1 spiro atoms. The molecule has 0 heterocycles. The van der Waals surface area contributed by atoms with Crippen LogP contribution in [-0.4, -0.2) is 0 Å². The number of rotatable bonds is 6. The molecule has 0 saturated heterocycles. The molecule has 3 aliphatic rings. The zero-order valence-electron chi connectivity index (χ0n) is 41.5. The van der Waals surface area contributed by atoms with Gasteiger partial charge in [0.15, 0.2) is 0 Å². The summed E-state index contributed by atoms with van der Waals surface area (Å²) >= 11 is 8.10. The molecule has 0 atom stereocenters. The van der Waals surface area contributed by atoms with Gasteiger partial charge in [0.1, 0.15) is 0 Å². The fourth-order valence-electron chi connectivity index (χ4n) is 11.6. The van der Waals surface area contributed by atoms with Gasteiger partial charge in [-0.2, -0.15) is 0 Å². The van der Waals surface area contributed by atoms with Crippen LogP contribution < -0.4 is 9.80 Å². The second-order valence-electron chi connectivity index (χ2n) is 22.8. The van der Waals surface area contributed by atoms with Gasteiger partial charge in [-0.15, -0.1) is 0 Å². The Balaban J connectivity index is 1.16. The van der Waals surface area contributed by atoms with Crippen LogP contribution in [0.1, 0.15) is 124 Å². The molecule has 0 radical (unpaired) electrons. The van der Waals surface area contributed by atoms with E-state index in [2.05, 4.69) is 243 Å². The van der Waals surface area contributed by atoms with Gasteiger partial charge in [0.05, 0.1) is 21.8 Å². The average Bonchev–Trinajstić information content (AvgIpc) is 3.98. The highest BCUT2D eigenvalue weighted by molar-refractivity contribution is 6.36. The van der Waals surface area contributed by atoms with Gasteiger partial charge in [0, 0.05) is 22.7 Å². The number of hydrogen-bond donors (Lipinski definition) is 0. The zero-order chi connectivity index (χ0) is 47.5. The number of anilines is 6.